The molecular formula is C33H36F3N3O5S. The van der Waals surface area contributed by atoms with Gasteiger partial charge in [0, 0.05) is 12.1 Å². The van der Waals surface area contributed by atoms with Crippen molar-refractivity contribution < 1.29 is 35.3 Å². The van der Waals surface area contributed by atoms with Crippen molar-refractivity contribution in [3.05, 3.63) is 71.2 Å². The van der Waals surface area contributed by atoms with Gasteiger partial charge in [-0.2, -0.15) is 21.6 Å². The largest absolute Gasteiger partial charge is 0.534 e. The molecule has 3 aliphatic rings. The molecule has 3 aromatic rings. The minimum atomic E-state index is -5.79. The number of ether oxygens (including phenoxy) is 1. The molecular weight excluding hydrogens is 607 g/mol. The van der Waals surface area contributed by atoms with E-state index >= 15 is 0 Å². The number of benzene rings is 2. The van der Waals surface area contributed by atoms with E-state index in [2.05, 4.69) is 14.2 Å². The van der Waals surface area contributed by atoms with Crippen LogP contribution >= 0.6 is 0 Å². The standard InChI is InChI=1S/C33H36F3N3O5S/c1-20-17-26(39(19-20)30(40)43-31(2,3)4)29-37-18-25(38-29)22-9-7-21(8-10-22)23-11-12-27(44-45(41,42)33(34,35)36)24-13-16-32(28(23)24)14-5-6-15-32/h7-12,17-18,26H,5-6,13-16,19H2,1-4H3,(H,37,38)/t26-/m0/s1. The third kappa shape index (κ3) is 5.84. The van der Waals surface area contributed by atoms with Gasteiger partial charge >= 0.3 is 21.7 Å². The Morgan fingerprint density at radius 2 is 1.69 bits per heavy atom. The van der Waals surface area contributed by atoms with E-state index in [9.17, 15) is 26.4 Å². The summed E-state index contributed by atoms with van der Waals surface area (Å²) in [6, 6.07) is 10.4. The van der Waals surface area contributed by atoms with E-state index in [0.29, 0.717) is 24.4 Å². The smallest absolute Gasteiger partial charge is 0.444 e. The van der Waals surface area contributed by atoms with Crippen LogP contribution in [0.2, 0.25) is 0 Å². The fourth-order valence-electron chi connectivity index (χ4n) is 6.98. The van der Waals surface area contributed by atoms with Crippen LogP contribution in [0, 0.1) is 0 Å². The predicted molar refractivity (Wildman–Crippen MR) is 163 cm³/mol. The number of H-pyrrole nitrogens is 1. The Hall–Kier alpha value is -3.80. The molecule has 1 atom stereocenters. The summed E-state index contributed by atoms with van der Waals surface area (Å²) in [5.41, 5.74) is -0.498. The van der Waals surface area contributed by atoms with Gasteiger partial charge < -0.3 is 13.9 Å². The van der Waals surface area contributed by atoms with Gasteiger partial charge in [0.05, 0.1) is 11.9 Å². The number of halogens is 3. The maximum atomic E-state index is 13.2. The molecule has 0 bridgehead atoms. The molecule has 6 rings (SSSR count). The third-order valence-corrected chi connectivity index (χ3v) is 9.87. The van der Waals surface area contributed by atoms with E-state index in [1.54, 1.807) is 17.2 Å². The maximum absolute atomic E-state index is 13.2. The number of nitrogens with one attached hydrogen (secondary N) is 1. The lowest BCUT2D eigenvalue weighted by Crippen LogP contribution is -2.37. The minimum absolute atomic E-state index is 0.212. The quantitative estimate of drug-likeness (QED) is 0.172. The van der Waals surface area contributed by atoms with Crippen LogP contribution in [0.25, 0.3) is 22.4 Å². The van der Waals surface area contributed by atoms with Crippen molar-refractivity contribution in [2.75, 3.05) is 6.54 Å². The van der Waals surface area contributed by atoms with Crippen molar-refractivity contribution in [3.8, 4) is 28.1 Å². The molecule has 1 aromatic heterocycles. The highest BCUT2D eigenvalue weighted by molar-refractivity contribution is 7.88. The Bertz CT molecular complexity index is 1770. The van der Waals surface area contributed by atoms with Crippen LogP contribution < -0.4 is 4.18 Å². The molecule has 1 amide bonds. The number of nitrogens with zero attached hydrogens (tertiary/aromatic N) is 2. The second-order valence-electron chi connectivity index (χ2n) is 13.3. The average Bonchev–Trinajstić information content (AvgIpc) is 3.75. The van der Waals surface area contributed by atoms with Crippen molar-refractivity contribution in [2.24, 2.45) is 0 Å². The fraction of sp³-hybridized carbons (Fsp3) is 0.455. The molecule has 8 nitrogen and oxygen atoms in total. The van der Waals surface area contributed by atoms with Crippen molar-refractivity contribution >= 4 is 16.2 Å². The Morgan fingerprint density at radius 3 is 2.33 bits per heavy atom. The van der Waals surface area contributed by atoms with Crippen LogP contribution in [-0.2, 0) is 26.7 Å². The van der Waals surface area contributed by atoms with Gasteiger partial charge in [0.15, 0.2) is 0 Å². The Morgan fingerprint density at radius 1 is 1.02 bits per heavy atom. The molecule has 1 saturated carbocycles. The summed E-state index contributed by atoms with van der Waals surface area (Å²) in [6.07, 6.45) is 8.30. The molecule has 1 fully saturated rings. The van der Waals surface area contributed by atoms with Gasteiger partial charge in [-0.3, -0.25) is 4.90 Å². The number of hydrogen-bond donors (Lipinski definition) is 1. The molecule has 1 aliphatic heterocycles. The number of aromatic amines is 1. The monoisotopic (exact) mass is 643 g/mol. The van der Waals surface area contributed by atoms with E-state index in [1.807, 2.05) is 58.0 Å². The van der Waals surface area contributed by atoms with Gasteiger partial charge in [0.1, 0.15) is 23.2 Å². The molecule has 1 spiro atoms. The summed E-state index contributed by atoms with van der Waals surface area (Å²) in [5.74, 6) is 0.371. The van der Waals surface area contributed by atoms with Crippen LogP contribution in [0.3, 0.4) is 0 Å². The molecule has 1 N–H and O–H groups in total. The lowest BCUT2D eigenvalue weighted by atomic mass is 9.77. The van der Waals surface area contributed by atoms with Gasteiger partial charge in [-0.1, -0.05) is 54.8 Å². The van der Waals surface area contributed by atoms with Crippen LogP contribution in [0.5, 0.6) is 5.75 Å². The summed E-state index contributed by atoms with van der Waals surface area (Å²) in [5, 5.41) is 0. The summed E-state index contributed by atoms with van der Waals surface area (Å²) < 4.78 is 73.5. The van der Waals surface area contributed by atoms with Crippen LogP contribution in [-0.4, -0.2) is 47.0 Å². The molecule has 0 radical (unpaired) electrons. The summed E-state index contributed by atoms with van der Waals surface area (Å²) in [7, 11) is -5.79. The van der Waals surface area contributed by atoms with Crippen molar-refractivity contribution in [3.63, 3.8) is 0 Å². The maximum Gasteiger partial charge on any atom is 0.534 e. The molecule has 12 heteroatoms. The zero-order chi connectivity index (χ0) is 32.4. The van der Waals surface area contributed by atoms with Gasteiger partial charge in [0.25, 0.3) is 0 Å². The normalized spacial score (nSPS) is 19.6. The number of amides is 1. The number of imidazole rings is 1. The second-order valence-corrected chi connectivity index (χ2v) is 14.8. The molecule has 2 aromatic carbocycles. The Kier molecular flexibility index (Phi) is 7.57. The number of hydrogen-bond acceptors (Lipinski definition) is 6. The van der Waals surface area contributed by atoms with Crippen LogP contribution in [0.15, 0.2) is 54.2 Å². The highest BCUT2D eigenvalue weighted by Crippen LogP contribution is 2.55. The van der Waals surface area contributed by atoms with E-state index in [1.165, 1.54) is 6.07 Å². The molecule has 45 heavy (non-hydrogen) atoms. The first-order chi connectivity index (χ1) is 21.1. The molecule has 0 unspecified atom stereocenters. The fourth-order valence-corrected chi connectivity index (χ4v) is 7.46. The topological polar surface area (TPSA) is 102 Å². The lowest BCUT2D eigenvalue weighted by Gasteiger charge is -2.28. The first-order valence-electron chi connectivity index (χ1n) is 15.1. The van der Waals surface area contributed by atoms with Crippen molar-refractivity contribution in [2.45, 2.75) is 88.8 Å². The van der Waals surface area contributed by atoms with Crippen LogP contribution in [0.4, 0.5) is 18.0 Å². The zero-order valence-corrected chi connectivity index (χ0v) is 26.4. The highest BCUT2D eigenvalue weighted by atomic mass is 32.2. The number of aromatic nitrogens is 2. The first kappa shape index (κ1) is 31.2. The SMILES string of the molecule is CC1=C[C@@H](c2ncc(-c3ccc(-c4ccc(OS(=O)(=O)C(F)(F)F)c5c4C4(CCCC4)CC5)cc3)[nH]2)N(C(=O)OC(C)(C)C)C1. The van der Waals surface area contributed by atoms with Crippen molar-refractivity contribution in [1.29, 1.82) is 0 Å². The van der Waals surface area contributed by atoms with E-state index in [-0.39, 0.29) is 17.2 Å². The van der Waals surface area contributed by atoms with Crippen molar-refractivity contribution in [1.82, 2.24) is 14.9 Å². The Balaban J connectivity index is 1.30. The number of carbonyl (C=O) groups is 1. The number of carbonyl (C=O) groups excluding carboxylic acids is 1. The third-order valence-electron chi connectivity index (χ3n) is 8.91. The molecule has 2 heterocycles. The summed E-state index contributed by atoms with van der Waals surface area (Å²) >= 11 is 0. The average molecular weight is 644 g/mol. The summed E-state index contributed by atoms with van der Waals surface area (Å²) in [6.45, 7) is 7.89. The number of fused-ring (bicyclic) bond motifs is 2. The minimum Gasteiger partial charge on any atom is -0.444 e. The highest BCUT2D eigenvalue weighted by Gasteiger charge is 2.50. The van der Waals surface area contributed by atoms with Gasteiger partial charge in [-0.05, 0) is 87.1 Å². The van der Waals surface area contributed by atoms with Gasteiger partial charge in [-0.25, -0.2) is 9.78 Å². The lowest BCUT2D eigenvalue weighted by molar-refractivity contribution is -0.0500. The second kappa shape index (κ2) is 10.9. The molecule has 0 saturated heterocycles. The number of alkyl halides is 3. The molecule has 2 aliphatic carbocycles. The van der Waals surface area contributed by atoms with E-state index in [0.717, 1.165) is 65.6 Å². The van der Waals surface area contributed by atoms with Gasteiger partial charge in [-0.15, -0.1) is 0 Å². The number of rotatable bonds is 5. The van der Waals surface area contributed by atoms with Crippen LogP contribution in [0.1, 0.15) is 82.8 Å². The van der Waals surface area contributed by atoms with Gasteiger partial charge in [0.2, 0.25) is 0 Å². The van der Waals surface area contributed by atoms with E-state index < -0.39 is 27.3 Å². The Labute approximate surface area is 260 Å². The van der Waals surface area contributed by atoms with E-state index in [4.69, 9.17) is 4.74 Å². The molecule has 240 valence electrons. The first-order valence-corrected chi connectivity index (χ1v) is 16.5. The predicted octanol–water partition coefficient (Wildman–Crippen LogP) is 7.97. The summed E-state index contributed by atoms with van der Waals surface area (Å²) in [4.78, 5) is 22.5. The zero-order valence-electron chi connectivity index (χ0n) is 25.6.